The van der Waals surface area contributed by atoms with Crippen molar-refractivity contribution in [1.82, 2.24) is 9.47 Å². The van der Waals surface area contributed by atoms with E-state index in [0.717, 1.165) is 60.1 Å². The molecule has 0 spiro atoms. The van der Waals surface area contributed by atoms with Crippen molar-refractivity contribution < 1.29 is 13.9 Å². The van der Waals surface area contributed by atoms with Gasteiger partial charge in [-0.2, -0.15) is 0 Å². The van der Waals surface area contributed by atoms with E-state index in [1.165, 1.54) is 11.5 Å². The molecule has 164 valence electrons. The van der Waals surface area contributed by atoms with E-state index >= 15 is 0 Å². The first kappa shape index (κ1) is 22.0. The van der Waals surface area contributed by atoms with E-state index in [-0.39, 0.29) is 11.8 Å². The van der Waals surface area contributed by atoms with E-state index < -0.39 is 0 Å². The second-order valence-corrected chi connectivity index (χ2v) is 8.98. The van der Waals surface area contributed by atoms with Gasteiger partial charge in [-0.25, -0.2) is 4.39 Å². The topological polar surface area (TPSA) is 34.5 Å². The van der Waals surface area contributed by atoms with Gasteiger partial charge in [0.05, 0.1) is 17.6 Å². The SMILES string of the molecule is CCOC(=O)Cc1ccc2cc(Br)n(C3CCN(CCc4cccc(F)c4)CC3)c2c1. The number of ether oxygens (including phenoxy) is 1. The van der Waals surface area contributed by atoms with Crippen LogP contribution in [-0.2, 0) is 22.4 Å². The van der Waals surface area contributed by atoms with Crippen LogP contribution in [0.15, 0.2) is 53.1 Å². The molecule has 1 fully saturated rings. The Labute approximate surface area is 191 Å². The van der Waals surface area contributed by atoms with Gasteiger partial charge < -0.3 is 14.2 Å². The van der Waals surface area contributed by atoms with Crippen molar-refractivity contribution in [3.05, 3.63) is 70.1 Å². The normalized spacial score (nSPS) is 15.5. The molecule has 31 heavy (non-hydrogen) atoms. The molecular formula is C25H28BrFN2O2. The number of benzene rings is 2. The zero-order chi connectivity index (χ0) is 21.8. The van der Waals surface area contributed by atoms with Crippen LogP contribution >= 0.6 is 15.9 Å². The Kier molecular flexibility index (Phi) is 7.08. The number of hydrogen-bond donors (Lipinski definition) is 0. The summed E-state index contributed by atoms with van der Waals surface area (Å²) in [5, 5.41) is 1.17. The molecule has 0 saturated carbocycles. The van der Waals surface area contributed by atoms with Crippen molar-refractivity contribution in [2.75, 3.05) is 26.2 Å². The third kappa shape index (κ3) is 5.36. The summed E-state index contributed by atoms with van der Waals surface area (Å²) >= 11 is 3.75. The van der Waals surface area contributed by atoms with Gasteiger partial charge in [0.2, 0.25) is 0 Å². The van der Waals surface area contributed by atoms with Crippen LogP contribution in [0.2, 0.25) is 0 Å². The summed E-state index contributed by atoms with van der Waals surface area (Å²) in [4.78, 5) is 14.4. The highest BCUT2D eigenvalue weighted by Gasteiger charge is 2.23. The number of nitrogens with zero attached hydrogens (tertiary/aromatic N) is 2. The van der Waals surface area contributed by atoms with Gasteiger partial charge in [-0.3, -0.25) is 4.79 Å². The molecule has 1 aliphatic rings. The average molecular weight is 487 g/mol. The number of carbonyl (C=O) groups excluding carboxylic acids is 1. The molecule has 1 aliphatic heterocycles. The first-order chi connectivity index (χ1) is 15.0. The molecule has 2 heterocycles. The Hall–Kier alpha value is -2.18. The molecule has 0 aliphatic carbocycles. The number of halogens is 2. The van der Waals surface area contributed by atoms with Crippen LogP contribution in [0.5, 0.6) is 0 Å². The van der Waals surface area contributed by atoms with Gasteiger partial charge in [-0.05, 0) is 77.5 Å². The van der Waals surface area contributed by atoms with Crippen molar-refractivity contribution in [2.45, 2.75) is 38.6 Å². The highest BCUT2D eigenvalue weighted by atomic mass is 79.9. The summed E-state index contributed by atoms with van der Waals surface area (Å²) in [5.74, 6) is -0.353. The average Bonchev–Trinajstić information content (AvgIpc) is 3.08. The minimum Gasteiger partial charge on any atom is -0.466 e. The number of rotatable bonds is 7. The van der Waals surface area contributed by atoms with Crippen LogP contribution in [0.1, 0.15) is 36.9 Å². The number of carbonyl (C=O) groups is 1. The van der Waals surface area contributed by atoms with Crippen LogP contribution in [0.4, 0.5) is 4.39 Å². The fraction of sp³-hybridized carbons (Fsp3) is 0.400. The molecule has 0 unspecified atom stereocenters. The maximum absolute atomic E-state index is 13.4. The molecule has 0 radical (unpaired) electrons. The van der Waals surface area contributed by atoms with Crippen molar-refractivity contribution in [3.8, 4) is 0 Å². The zero-order valence-electron chi connectivity index (χ0n) is 17.8. The molecule has 0 amide bonds. The Morgan fingerprint density at radius 1 is 1.13 bits per heavy atom. The molecule has 0 atom stereocenters. The lowest BCUT2D eigenvalue weighted by molar-refractivity contribution is -0.142. The van der Waals surface area contributed by atoms with Gasteiger partial charge in [-0.1, -0.05) is 24.3 Å². The lowest BCUT2D eigenvalue weighted by Crippen LogP contribution is -2.36. The quantitative estimate of drug-likeness (QED) is 0.411. The molecule has 1 saturated heterocycles. The second-order valence-electron chi connectivity index (χ2n) is 8.16. The van der Waals surface area contributed by atoms with Gasteiger partial charge in [0, 0.05) is 36.6 Å². The number of esters is 1. The summed E-state index contributed by atoms with van der Waals surface area (Å²) in [6.45, 7) is 5.23. The minimum absolute atomic E-state index is 0.164. The summed E-state index contributed by atoms with van der Waals surface area (Å²) < 4.78 is 21.9. The lowest BCUT2D eigenvalue weighted by Gasteiger charge is -2.33. The highest BCUT2D eigenvalue weighted by Crippen LogP contribution is 2.33. The molecule has 0 bridgehead atoms. The fourth-order valence-corrected chi connectivity index (χ4v) is 5.20. The molecule has 4 nitrogen and oxygen atoms in total. The van der Waals surface area contributed by atoms with Crippen LogP contribution in [-0.4, -0.2) is 41.7 Å². The third-order valence-electron chi connectivity index (χ3n) is 6.04. The van der Waals surface area contributed by atoms with E-state index in [2.05, 4.69) is 43.6 Å². The standard InChI is InChI=1S/C25H28BrFN2O2/c1-2-31-25(30)16-19-6-7-20-17-24(26)29(23(20)15-19)22-9-12-28(13-10-22)11-8-18-4-3-5-21(27)14-18/h3-7,14-15,17,22H,2,8-13,16H2,1H3. The zero-order valence-corrected chi connectivity index (χ0v) is 19.4. The van der Waals surface area contributed by atoms with E-state index in [9.17, 15) is 9.18 Å². The van der Waals surface area contributed by atoms with Crippen molar-refractivity contribution in [2.24, 2.45) is 0 Å². The van der Waals surface area contributed by atoms with Crippen LogP contribution in [0, 0.1) is 5.82 Å². The fourth-order valence-electron chi connectivity index (χ4n) is 4.47. The number of piperidine rings is 1. The van der Waals surface area contributed by atoms with Crippen LogP contribution < -0.4 is 0 Å². The molecular weight excluding hydrogens is 459 g/mol. The van der Waals surface area contributed by atoms with Crippen molar-refractivity contribution >= 4 is 32.8 Å². The van der Waals surface area contributed by atoms with Crippen LogP contribution in [0.25, 0.3) is 10.9 Å². The lowest BCUT2D eigenvalue weighted by atomic mass is 10.0. The predicted molar refractivity (Wildman–Crippen MR) is 125 cm³/mol. The summed E-state index contributed by atoms with van der Waals surface area (Å²) in [6, 6.07) is 15.7. The molecule has 3 aromatic rings. The molecule has 2 aromatic carbocycles. The van der Waals surface area contributed by atoms with E-state index in [4.69, 9.17) is 4.74 Å². The van der Waals surface area contributed by atoms with E-state index in [1.807, 2.05) is 19.1 Å². The van der Waals surface area contributed by atoms with Gasteiger partial charge in [0.1, 0.15) is 5.82 Å². The molecule has 1 aromatic heterocycles. The maximum atomic E-state index is 13.4. The van der Waals surface area contributed by atoms with Crippen LogP contribution in [0.3, 0.4) is 0 Å². The monoisotopic (exact) mass is 486 g/mol. The smallest absolute Gasteiger partial charge is 0.310 e. The van der Waals surface area contributed by atoms with Crippen molar-refractivity contribution in [3.63, 3.8) is 0 Å². The number of likely N-dealkylation sites (tertiary alicyclic amines) is 1. The molecule has 0 N–H and O–H groups in total. The van der Waals surface area contributed by atoms with Gasteiger partial charge in [-0.15, -0.1) is 0 Å². The summed E-state index contributed by atoms with van der Waals surface area (Å²) in [6.07, 6.45) is 3.29. The van der Waals surface area contributed by atoms with Gasteiger partial charge in [0.15, 0.2) is 0 Å². The minimum atomic E-state index is -0.189. The number of aromatic nitrogens is 1. The summed E-state index contributed by atoms with van der Waals surface area (Å²) in [7, 11) is 0. The molecule has 4 rings (SSSR count). The Bertz CT molecular complexity index is 1060. The third-order valence-corrected chi connectivity index (χ3v) is 6.65. The van der Waals surface area contributed by atoms with Gasteiger partial charge in [0.25, 0.3) is 0 Å². The van der Waals surface area contributed by atoms with E-state index in [0.29, 0.717) is 19.1 Å². The number of fused-ring (bicyclic) bond motifs is 1. The first-order valence-corrected chi connectivity index (χ1v) is 11.7. The summed E-state index contributed by atoms with van der Waals surface area (Å²) in [5.41, 5.74) is 3.19. The predicted octanol–water partition coefficient (Wildman–Crippen LogP) is 5.53. The largest absolute Gasteiger partial charge is 0.466 e. The Morgan fingerprint density at radius 3 is 2.68 bits per heavy atom. The second kappa shape index (κ2) is 9.96. The van der Waals surface area contributed by atoms with Gasteiger partial charge >= 0.3 is 5.97 Å². The number of hydrogen-bond acceptors (Lipinski definition) is 3. The van der Waals surface area contributed by atoms with E-state index in [1.54, 1.807) is 12.1 Å². The Balaban J connectivity index is 1.42. The first-order valence-electron chi connectivity index (χ1n) is 10.9. The maximum Gasteiger partial charge on any atom is 0.310 e. The van der Waals surface area contributed by atoms with Crippen molar-refractivity contribution in [1.29, 1.82) is 0 Å². The molecule has 6 heteroatoms. The highest BCUT2D eigenvalue weighted by molar-refractivity contribution is 9.10. The Morgan fingerprint density at radius 2 is 1.94 bits per heavy atom.